The van der Waals surface area contributed by atoms with Gasteiger partial charge in [0.05, 0.1) is 12.6 Å². The smallest absolute Gasteiger partial charge is 0.126 e. The van der Waals surface area contributed by atoms with Crippen LogP contribution in [0.2, 0.25) is 0 Å². The first kappa shape index (κ1) is 19.1. The molecule has 7 atom stereocenters. The summed E-state index contributed by atoms with van der Waals surface area (Å²) in [4.78, 5) is 4.43. The average Bonchev–Trinajstić information content (AvgIpc) is 3.28. The lowest BCUT2D eigenvalue weighted by molar-refractivity contribution is -0.115. The predicted molar refractivity (Wildman–Crippen MR) is 122 cm³/mol. The lowest BCUT2D eigenvalue weighted by Gasteiger charge is -2.60. The lowest BCUT2D eigenvalue weighted by atomic mass is 9.44. The minimum absolute atomic E-state index is 0.0499. The van der Waals surface area contributed by atoms with Gasteiger partial charge in [0.2, 0.25) is 0 Å². The molecule has 0 radical (unpaired) electrons. The third-order valence-electron chi connectivity index (χ3n) is 10.3. The molecule has 3 N–H and O–H groups in total. The van der Waals surface area contributed by atoms with E-state index in [2.05, 4.69) is 43.1 Å². The minimum atomic E-state index is -0.0499. The third kappa shape index (κ3) is 2.51. The highest BCUT2D eigenvalue weighted by Gasteiger charge is 2.58. The van der Waals surface area contributed by atoms with Crippen LogP contribution in [0.5, 0.6) is 0 Å². The molecular weight excluding hydrogens is 368 g/mol. The number of aliphatic imine (C=N–C) groups is 1. The first-order valence-electron chi connectivity index (χ1n) is 12.2. The normalized spacial score (nSPS) is 44.4. The van der Waals surface area contributed by atoms with Crippen LogP contribution >= 0.6 is 0 Å². The van der Waals surface area contributed by atoms with Crippen molar-refractivity contribution in [1.29, 1.82) is 0 Å². The van der Waals surface area contributed by atoms with E-state index >= 15 is 0 Å². The fourth-order valence-corrected chi connectivity index (χ4v) is 8.65. The number of benzene rings is 1. The van der Waals surface area contributed by atoms with E-state index in [1.165, 1.54) is 49.7 Å². The lowest BCUT2D eigenvalue weighted by Crippen LogP contribution is -2.53. The molecule has 3 fully saturated rings. The Morgan fingerprint density at radius 2 is 1.93 bits per heavy atom. The fourth-order valence-electron chi connectivity index (χ4n) is 8.65. The van der Waals surface area contributed by atoms with E-state index in [1.807, 2.05) is 0 Å². The Morgan fingerprint density at radius 1 is 1.07 bits per heavy atom. The molecule has 1 aromatic carbocycles. The molecule has 0 bridgehead atoms. The highest BCUT2D eigenvalue weighted by Crippen LogP contribution is 2.67. The molecule has 3 nitrogen and oxygen atoms in total. The van der Waals surface area contributed by atoms with E-state index in [1.54, 1.807) is 5.57 Å². The van der Waals surface area contributed by atoms with Gasteiger partial charge in [-0.25, -0.2) is 0 Å². The number of nitrogens with two attached hydrogens (primary N) is 1. The van der Waals surface area contributed by atoms with Crippen LogP contribution in [0.3, 0.4) is 0 Å². The number of rotatable bonds is 1. The summed E-state index contributed by atoms with van der Waals surface area (Å²) in [5, 5.41) is 10.3. The molecule has 4 aliphatic carbocycles. The van der Waals surface area contributed by atoms with Gasteiger partial charge in [-0.05, 0) is 109 Å². The molecule has 3 heteroatoms. The monoisotopic (exact) mass is 404 g/mol. The summed E-state index contributed by atoms with van der Waals surface area (Å²) in [5.41, 5.74) is 12.2. The van der Waals surface area contributed by atoms with E-state index in [9.17, 15) is 5.11 Å². The predicted octanol–water partition coefficient (Wildman–Crippen LogP) is 5.30. The molecule has 0 saturated heterocycles. The molecule has 3 saturated carbocycles. The Morgan fingerprint density at radius 3 is 2.80 bits per heavy atom. The van der Waals surface area contributed by atoms with Crippen LogP contribution in [0.4, 0.5) is 0 Å². The first-order valence-corrected chi connectivity index (χ1v) is 12.2. The molecule has 0 amide bonds. The SMILES string of the molecule is C[C@]12CC[C@H](O)C[C@@H]1CC[C@@H]1[C@@H]2CC[C@]2(C)C(c3ccc4c(c3)CN=C4N)=CC[C@@H]12. The number of fused-ring (bicyclic) bond motifs is 6. The number of aliphatic hydroxyl groups excluding tert-OH is 1. The Bertz CT molecular complexity index is 948. The number of hydrogen-bond donors (Lipinski definition) is 2. The van der Waals surface area contributed by atoms with Crippen LogP contribution in [0, 0.1) is 34.5 Å². The zero-order valence-electron chi connectivity index (χ0n) is 18.5. The van der Waals surface area contributed by atoms with E-state index < -0.39 is 0 Å². The Kier molecular flexibility index (Phi) is 4.11. The van der Waals surface area contributed by atoms with Crippen molar-refractivity contribution in [3.8, 4) is 0 Å². The van der Waals surface area contributed by atoms with Crippen LogP contribution in [0.25, 0.3) is 5.57 Å². The summed E-state index contributed by atoms with van der Waals surface area (Å²) in [6.07, 6.45) is 12.4. The van der Waals surface area contributed by atoms with Gasteiger partial charge < -0.3 is 10.8 Å². The number of amidine groups is 1. The molecule has 1 aliphatic heterocycles. The van der Waals surface area contributed by atoms with E-state index in [-0.39, 0.29) is 6.10 Å². The second-order valence-electron chi connectivity index (χ2n) is 11.5. The standard InChI is InChI=1S/C27H36N2O/c1-26-11-9-19(30)14-18(26)4-6-21-23-8-7-22(27(23,2)12-10-24(21)26)16-3-5-20-17(13-16)15-29-25(20)28/h3,5,7,13,18-19,21,23-24,30H,4,6,8-12,14-15H2,1-2H3,(H2,28,29)/t18-,19-,21-,23-,24-,26-,27+/m0/s1. The Labute approximate surface area is 180 Å². The number of nitrogens with zero attached hydrogens (tertiary/aromatic N) is 1. The zero-order chi connectivity index (χ0) is 20.7. The van der Waals surface area contributed by atoms with Crippen molar-refractivity contribution in [2.45, 2.75) is 77.9 Å². The van der Waals surface area contributed by atoms with Crippen molar-refractivity contribution in [1.82, 2.24) is 0 Å². The molecular formula is C27H36N2O. The molecule has 30 heavy (non-hydrogen) atoms. The first-order chi connectivity index (χ1) is 14.4. The second-order valence-corrected chi connectivity index (χ2v) is 11.5. The maximum Gasteiger partial charge on any atom is 0.126 e. The molecule has 5 aliphatic rings. The second kappa shape index (κ2) is 6.45. The van der Waals surface area contributed by atoms with Gasteiger partial charge in [0.25, 0.3) is 0 Å². The quantitative estimate of drug-likeness (QED) is 0.667. The molecule has 6 rings (SSSR count). The van der Waals surface area contributed by atoms with Gasteiger partial charge >= 0.3 is 0 Å². The molecule has 0 unspecified atom stereocenters. The highest BCUT2D eigenvalue weighted by atomic mass is 16.3. The van der Waals surface area contributed by atoms with Crippen molar-refractivity contribution in [3.63, 3.8) is 0 Å². The van der Waals surface area contributed by atoms with Gasteiger partial charge in [-0.15, -0.1) is 0 Å². The van der Waals surface area contributed by atoms with Crippen molar-refractivity contribution in [2.75, 3.05) is 0 Å². The Hall–Kier alpha value is -1.61. The molecule has 0 aromatic heterocycles. The fraction of sp³-hybridized carbons (Fsp3) is 0.667. The maximum atomic E-state index is 10.3. The van der Waals surface area contributed by atoms with Gasteiger partial charge in [-0.2, -0.15) is 0 Å². The summed E-state index contributed by atoms with van der Waals surface area (Å²) < 4.78 is 0. The third-order valence-corrected chi connectivity index (χ3v) is 10.3. The molecule has 0 spiro atoms. The van der Waals surface area contributed by atoms with Crippen molar-refractivity contribution >= 4 is 11.4 Å². The molecule has 1 heterocycles. The molecule has 160 valence electrons. The van der Waals surface area contributed by atoms with Crippen molar-refractivity contribution in [2.24, 2.45) is 45.2 Å². The number of aliphatic hydroxyl groups is 1. The van der Waals surface area contributed by atoms with Gasteiger partial charge in [0.15, 0.2) is 0 Å². The van der Waals surface area contributed by atoms with Crippen LogP contribution in [-0.2, 0) is 6.54 Å². The van der Waals surface area contributed by atoms with Crippen LogP contribution < -0.4 is 5.73 Å². The summed E-state index contributed by atoms with van der Waals surface area (Å²) in [6, 6.07) is 6.85. The van der Waals surface area contributed by atoms with E-state index in [0.29, 0.717) is 16.7 Å². The van der Waals surface area contributed by atoms with Gasteiger partial charge in [0, 0.05) is 5.56 Å². The van der Waals surface area contributed by atoms with Gasteiger partial charge in [0.1, 0.15) is 5.84 Å². The molecule has 1 aromatic rings. The van der Waals surface area contributed by atoms with E-state index in [0.717, 1.165) is 48.6 Å². The van der Waals surface area contributed by atoms with Crippen molar-refractivity contribution in [3.05, 3.63) is 41.0 Å². The largest absolute Gasteiger partial charge is 0.393 e. The van der Waals surface area contributed by atoms with Gasteiger partial charge in [-0.3, -0.25) is 4.99 Å². The summed E-state index contributed by atoms with van der Waals surface area (Å²) in [7, 11) is 0. The number of allylic oxidation sites excluding steroid dienone is 2. The van der Waals surface area contributed by atoms with E-state index in [4.69, 9.17) is 5.73 Å². The highest BCUT2D eigenvalue weighted by molar-refractivity contribution is 6.01. The topological polar surface area (TPSA) is 58.6 Å². The minimum Gasteiger partial charge on any atom is -0.393 e. The zero-order valence-corrected chi connectivity index (χ0v) is 18.5. The summed E-state index contributed by atoms with van der Waals surface area (Å²) in [6.45, 7) is 5.87. The van der Waals surface area contributed by atoms with Crippen LogP contribution in [0.15, 0.2) is 29.3 Å². The Balaban J connectivity index is 1.29. The van der Waals surface area contributed by atoms with Crippen LogP contribution in [0.1, 0.15) is 81.9 Å². The van der Waals surface area contributed by atoms with Crippen LogP contribution in [-0.4, -0.2) is 17.0 Å². The maximum absolute atomic E-state index is 10.3. The van der Waals surface area contributed by atoms with Crippen molar-refractivity contribution < 1.29 is 5.11 Å². The average molecular weight is 405 g/mol. The number of hydrogen-bond acceptors (Lipinski definition) is 3. The summed E-state index contributed by atoms with van der Waals surface area (Å²) >= 11 is 0. The summed E-state index contributed by atoms with van der Waals surface area (Å²) in [5.74, 6) is 3.92. The van der Waals surface area contributed by atoms with Gasteiger partial charge in [-0.1, -0.05) is 32.1 Å².